The van der Waals surface area contributed by atoms with Gasteiger partial charge in [0.05, 0.1) is 5.39 Å². The van der Waals surface area contributed by atoms with Crippen LogP contribution in [0.25, 0.3) is 20.7 Å². The van der Waals surface area contributed by atoms with Crippen LogP contribution in [0.1, 0.15) is 18.7 Å². The molecule has 1 fully saturated rings. The predicted octanol–water partition coefficient (Wildman–Crippen LogP) is 3.08. The van der Waals surface area contributed by atoms with Gasteiger partial charge >= 0.3 is 5.97 Å². The Kier molecular flexibility index (Phi) is 5.44. The van der Waals surface area contributed by atoms with Crippen LogP contribution in [0.3, 0.4) is 0 Å². The summed E-state index contributed by atoms with van der Waals surface area (Å²) in [6, 6.07) is 12.4. The number of piperidine rings is 1. The van der Waals surface area contributed by atoms with Crippen LogP contribution >= 0.6 is 11.3 Å². The fourth-order valence-corrected chi connectivity index (χ4v) is 4.73. The van der Waals surface area contributed by atoms with Crippen molar-refractivity contribution >= 4 is 39.2 Å². The van der Waals surface area contributed by atoms with E-state index in [4.69, 9.17) is 10.1 Å². The van der Waals surface area contributed by atoms with Gasteiger partial charge < -0.3 is 15.3 Å². The summed E-state index contributed by atoms with van der Waals surface area (Å²) >= 11 is 1.66. The van der Waals surface area contributed by atoms with E-state index in [1.807, 2.05) is 25.1 Å². The molecule has 1 aliphatic heterocycles. The van der Waals surface area contributed by atoms with Gasteiger partial charge in [0.2, 0.25) is 5.91 Å². The topological polar surface area (TPSA) is 95.4 Å². The standard InChI is InChI=1S/C21H22N4O3S/c1-13-23-19(25-9-7-15(8-10-25)20(28)22-12-18(26)27)16-11-17(29-21(16)24-13)14-5-3-2-4-6-14/h2-6,11,15H,7-10,12H2,1H3,(H,22,28)(H,26,27). The van der Waals surface area contributed by atoms with E-state index in [0.29, 0.717) is 25.9 Å². The molecule has 0 radical (unpaired) electrons. The number of carboxylic acid groups (broad SMARTS) is 1. The van der Waals surface area contributed by atoms with E-state index in [-0.39, 0.29) is 18.4 Å². The number of nitrogens with one attached hydrogen (secondary N) is 1. The lowest BCUT2D eigenvalue weighted by Gasteiger charge is -2.32. The Morgan fingerprint density at radius 2 is 1.93 bits per heavy atom. The number of hydrogen-bond donors (Lipinski definition) is 2. The molecule has 4 rings (SSSR count). The van der Waals surface area contributed by atoms with Gasteiger partial charge in [0.1, 0.15) is 23.0 Å². The van der Waals surface area contributed by atoms with Crippen LogP contribution in [0.15, 0.2) is 36.4 Å². The summed E-state index contributed by atoms with van der Waals surface area (Å²) in [5.74, 6) is 0.274. The van der Waals surface area contributed by atoms with Gasteiger partial charge in [-0.3, -0.25) is 9.59 Å². The zero-order chi connectivity index (χ0) is 20.4. The lowest BCUT2D eigenvalue weighted by molar-refractivity contribution is -0.138. The average Bonchev–Trinajstić information content (AvgIpc) is 3.16. The largest absolute Gasteiger partial charge is 0.480 e. The Hall–Kier alpha value is -3.00. The summed E-state index contributed by atoms with van der Waals surface area (Å²) in [5, 5.41) is 12.2. The molecule has 150 valence electrons. The first-order valence-corrected chi connectivity index (χ1v) is 10.4. The number of aliphatic carboxylic acids is 1. The van der Waals surface area contributed by atoms with Crippen molar-refractivity contribution in [2.75, 3.05) is 24.5 Å². The zero-order valence-corrected chi connectivity index (χ0v) is 16.9. The molecule has 29 heavy (non-hydrogen) atoms. The summed E-state index contributed by atoms with van der Waals surface area (Å²) in [6.07, 6.45) is 1.34. The van der Waals surface area contributed by atoms with Crippen LogP contribution in [0.4, 0.5) is 5.82 Å². The number of carbonyl (C=O) groups excluding carboxylic acids is 1. The SMILES string of the molecule is Cc1nc(N2CCC(C(=O)NCC(=O)O)CC2)c2cc(-c3ccccc3)sc2n1. The molecule has 7 nitrogen and oxygen atoms in total. The summed E-state index contributed by atoms with van der Waals surface area (Å²) in [5.41, 5.74) is 1.16. The van der Waals surface area contributed by atoms with Gasteiger partial charge in [-0.2, -0.15) is 0 Å². The molecule has 3 aromatic rings. The van der Waals surface area contributed by atoms with Gasteiger partial charge in [-0.05, 0) is 31.4 Å². The van der Waals surface area contributed by atoms with Crippen LogP contribution in [-0.4, -0.2) is 46.6 Å². The van der Waals surface area contributed by atoms with E-state index in [1.54, 1.807) is 11.3 Å². The maximum absolute atomic E-state index is 12.2. The molecular weight excluding hydrogens is 388 g/mol. The van der Waals surface area contributed by atoms with Gasteiger partial charge in [0, 0.05) is 23.9 Å². The number of amides is 1. The van der Waals surface area contributed by atoms with Crippen LogP contribution in [0.5, 0.6) is 0 Å². The third kappa shape index (κ3) is 4.22. The summed E-state index contributed by atoms with van der Waals surface area (Å²) in [4.78, 5) is 36.5. The van der Waals surface area contributed by atoms with Gasteiger partial charge in [-0.1, -0.05) is 30.3 Å². The minimum atomic E-state index is -1.03. The Morgan fingerprint density at radius 1 is 1.21 bits per heavy atom. The van der Waals surface area contributed by atoms with Crippen LogP contribution < -0.4 is 10.2 Å². The number of aromatic nitrogens is 2. The van der Waals surface area contributed by atoms with Crippen LogP contribution in [0, 0.1) is 12.8 Å². The fourth-order valence-electron chi connectivity index (χ4n) is 3.66. The molecule has 0 unspecified atom stereocenters. The number of aryl methyl sites for hydroxylation is 1. The first kappa shape index (κ1) is 19.3. The number of hydrogen-bond acceptors (Lipinski definition) is 6. The normalized spacial score (nSPS) is 14.9. The van der Waals surface area contributed by atoms with Crippen molar-refractivity contribution in [2.45, 2.75) is 19.8 Å². The van der Waals surface area contributed by atoms with Gasteiger partial charge in [0.15, 0.2) is 0 Å². The van der Waals surface area contributed by atoms with E-state index < -0.39 is 5.97 Å². The number of nitrogens with zero attached hydrogens (tertiary/aromatic N) is 3. The van der Waals surface area contributed by atoms with Crippen molar-refractivity contribution in [3.05, 3.63) is 42.2 Å². The summed E-state index contributed by atoms with van der Waals surface area (Å²) in [6.45, 7) is 2.97. The lowest BCUT2D eigenvalue weighted by Crippen LogP contribution is -2.42. The number of thiophene rings is 1. The Labute approximate surface area is 172 Å². The molecule has 0 bridgehead atoms. The molecule has 1 amide bonds. The maximum Gasteiger partial charge on any atom is 0.322 e. The van der Waals surface area contributed by atoms with Gasteiger partial charge in [-0.15, -0.1) is 11.3 Å². The second kappa shape index (κ2) is 8.16. The minimum absolute atomic E-state index is 0.161. The highest BCUT2D eigenvalue weighted by molar-refractivity contribution is 7.21. The molecule has 1 aromatic carbocycles. The monoisotopic (exact) mass is 410 g/mol. The third-order valence-electron chi connectivity index (χ3n) is 5.12. The smallest absolute Gasteiger partial charge is 0.322 e. The van der Waals surface area contributed by atoms with E-state index >= 15 is 0 Å². The van der Waals surface area contributed by atoms with Crippen LogP contribution in [0.2, 0.25) is 0 Å². The molecule has 2 N–H and O–H groups in total. The summed E-state index contributed by atoms with van der Waals surface area (Å²) < 4.78 is 0. The number of carbonyl (C=O) groups is 2. The van der Waals surface area contributed by atoms with Crippen LogP contribution in [-0.2, 0) is 9.59 Å². The molecular formula is C21H22N4O3S. The molecule has 3 heterocycles. The molecule has 2 aromatic heterocycles. The van der Waals surface area contributed by atoms with E-state index in [1.165, 1.54) is 0 Å². The third-order valence-corrected chi connectivity index (χ3v) is 6.20. The predicted molar refractivity (Wildman–Crippen MR) is 113 cm³/mol. The fraction of sp³-hybridized carbons (Fsp3) is 0.333. The van der Waals surface area contributed by atoms with Gasteiger partial charge in [-0.25, -0.2) is 9.97 Å². The van der Waals surface area contributed by atoms with Crippen molar-refractivity contribution in [1.82, 2.24) is 15.3 Å². The molecule has 0 aliphatic carbocycles. The first-order valence-electron chi connectivity index (χ1n) is 9.59. The maximum atomic E-state index is 12.2. The summed E-state index contributed by atoms with van der Waals surface area (Å²) in [7, 11) is 0. The van der Waals surface area contributed by atoms with Gasteiger partial charge in [0.25, 0.3) is 0 Å². The quantitative estimate of drug-likeness (QED) is 0.671. The number of rotatable bonds is 5. The van der Waals surface area contributed by atoms with Crippen molar-refractivity contribution < 1.29 is 14.7 Å². The van der Waals surface area contributed by atoms with E-state index in [2.05, 4.69) is 33.4 Å². The molecule has 1 saturated heterocycles. The van der Waals surface area contributed by atoms with Crippen molar-refractivity contribution in [1.29, 1.82) is 0 Å². The Bertz CT molecular complexity index is 1040. The first-order chi connectivity index (χ1) is 14.0. The molecule has 1 aliphatic rings. The molecule has 0 saturated carbocycles. The second-order valence-corrected chi connectivity index (χ2v) is 8.19. The highest BCUT2D eigenvalue weighted by Gasteiger charge is 2.27. The number of benzene rings is 1. The highest BCUT2D eigenvalue weighted by Crippen LogP contribution is 2.37. The number of carboxylic acids is 1. The molecule has 0 atom stereocenters. The van der Waals surface area contributed by atoms with Crippen molar-refractivity contribution in [3.63, 3.8) is 0 Å². The number of anilines is 1. The van der Waals surface area contributed by atoms with E-state index in [9.17, 15) is 9.59 Å². The lowest BCUT2D eigenvalue weighted by atomic mass is 9.95. The Morgan fingerprint density at radius 3 is 2.62 bits per heavy atom. The molecule has 0 spiro atoms. The van der Waals surface area contributed by atoms with Crippen molar-refractivity contribution in [2.24, 2.45) is 5.92 Å². The second-order valence-electron chi connectivity index (χ2n) is 7.16. The number of fused-ring (bicyclic) bond motifs is 1. The molecule has 8 heteroatoms. The van der Waals surface area contributed by atoms with Crippen molar-refractivity contribution in [3.8, 4) is 10.4 Å². The average molecular weight is 410 g/mol. The Balaban J connectivity index is 1.54. The highest BCUT2D eigenvalue weighted by atomic mass is 32.1. The van der Waals surface area contributed by atoms with E-state index in [0.717, 1.165) is 32.3 Å². The zero-order valence-electron chi connectivity index (χ0n) is 16.1. The minimum Gasteiger partial charge on any atom is -0.480 e.